The van der Waals surface area contributed by atoms with Crippen LogP contribution in [0.2, 0.25) is 5.02 Å². The molecular weight excluding hydrogens is 410 g/mol. The van der Waals surface area contributed by atoms with Crippen LogP contribution in [0.3, 0.4) is 0 Å². The molecule has 0 saturated carbocycles. The first-order valence-electron chi connectivity index (χ1n) is 9.44. The van der Waals surface area contributed by atoms with Gasteiger partial charge >= 0.3 is 0 Å². The molecule has 30 heavy (non-hydrogen) atoms. The third-order valence-corrected chi connectivity index (χ3v) is 4.49. The van der Waals surface area contributed by atoms with E-state index in [1.807, 2.05) is 26.8 Å². The number of aliphatic hydroxyl groups is 1. The fourth-order valence-electron chi connectivity index (χ4n) is 2.62. The molecule has 3 aromatic rings. The Morgan fingerprint density at radius 3 is 2.70 bits per heavy atom. The minimum atomic E-state index is -0.500. The molecule has 0 radical (unpaired) electrons. The second-order valence-electron chi connectivity index (χ2n) is 7.53. The number of aliphatic hydroxyl groups excluding tert-OH is 1. The Morgan fingerprint density at radius 1 is 1.23 bits per heavy atom. The standard InChI is InChI=1S/C20H24ClN5O4/c1-20(2,3)26-19(28)17(21)15(11-23-26)30-12-14-5-6-16(25-8-7-22-13-25)24-18(14)29-10-4-9-27/h5-8,11,13,27H,4,9-10,12H2,1-3H3. The minimum Gasteiger partial charge on any atom is -0.485 e. The van der Waals surface area contributed by atoms with Crippen molar-refractivity contribution in [3.63, 3.8) is 0 Å². The molecule has 3 heterocycles. The average Bonchev–Trinajstić information content (AvgIpc) is 3.24. The Bertz CT molecular complexity index is 1040. The Kier molecular flexibility index (Phi) is 6.73. The summed E-state index contributed by atoms with van der Waals surface area (Å²) in [6.45, 7) is 5.98. The lowest BCUT2D eigenvalue weighted by Crippen LogP contribution is -2.36. The van der Waals surface area contributed by atoms with Gasteiger partial charge in [0.15, 0.2) is 10.8 Å². The smallest absolute Gasteiger partial charge is 0.289 e. The van der Waals surface area contributed by atoms with Gasteiger partial charge in [-0.3, -0.25) is 9.36 Å². The number of rotatable bonds is 8. The quantitative estimate of drug-likeness (QED) is 0.544. The maximum atomic E-state index is 12.5. The van der Waals surface area contributed by atoms with Gasteiger partial charge in [-0.1, -0.05) is 11.6 Å². The molecule has 0 spiro atoms. The van der Waals surface area contributed by atoms with Crippen LogP contribution in [0.1, 0.15) is 32.8 Å². The molecule has 160 valence electrons. The first kappa shape index (κ1) is 21.8. The summed E-state index contributed by atoms with van der Waals surface area (Å²) in [5.74, 6) is 1.17. The van der Waals surface area contributed by atoms with E-state index in [9.17, 15) is 4.79 Å². The van der Waals surface area contributed by atoms with Gasteiger partial charge in [0.1, 0.15) is 18.8 Å². The molecule has 0 aliphatic rings. The highest BCUT2D eigenvalue weighted by Crippen LogP contribution is 2.25. The number of hydrogen-bond donors (Lipinski definition) is 1. The molecule has 1 N–H and O–H groups in total. The van der Waals surface area contributed by atoms with E-state index in [-0.39, 0.29) is 24.0 Å². The second kappa shape index (κ2) is 9.27. The van der Waals surface area contributed by atoms with E-state index in [1.54, 1.807) is 29.4 Å². The fraction of sp³-hybridized carbons (Fsp3) is 0.400. The normalized spacial score (nSPS) is 11.5. The highest BCUT2D eigenvalue weighted by molar-refractivity contribution is 6.31. The van der Waals surface area contributed by atoms with E-state index in [4.69, 9.17) is 26.2 Å². The van der Waals surface area contributed by atoms with E-state index in [2.05, 4.69) is 15.1 Å². The molecule has 3 aromatic heterocycles. The fourth-order valence-corrected chi connectivity index (χ4v) is 2.80. The Labute approximate surface area is 178 Å². The molecule has 0 aliphatic heterocycles. The third kappa shape index (κ3) is 4.98. The number of imidazole rings is 1. The maximum Gasteiger partial charge on any atom is 0.289 e. The molecule has 0 aromatic carbocycles. The minimum absolute atomic E-state index is 0.0123. The van der Waals surface area contributed by atoms with E-state index >= 15 is 0 Å². The van der Waals surface area contributed by atoms with Crippen LogP contribution in [0, 0.1) is 0 Å². The summed E-state index contributed by atoms with van der Waals surface area (Å²) in [4.78, 5) is 21.0. The van der Waals surface area contributed by atoms with Crippen molar-refractivity contribution in [2.75, 3.05) is 13.2 Å². The van der Waals surface area contributed by atoms with Gasteiger partial charge < -0.3 is 14.6 Å². The Hall–Kier alpha value is -2.91. The first-order chi connectivity index (χ1) is 14.3. The highest BCUT2D eigenvalue weighted by atomic mass is 35.5. The number of aromatic nitrogens is 5. The van der Waals surface area contributed by atoms with Crippen LogP contribution in [-0.2, 0) is 12.1 Å². The summed E-state index contributed by atoms with van der Waals surface area (Å²) >= 11 is 6.22. The molecule has 0 bridgehead atoms. The lowest BCUT2D eigenvalue weighted by Gasteiger charge is -2.21. The van der Waals surface area contributed by atoms with E-state index in [0.717, 1.165) is 0 Å². The molecular formula is C20H24ClN5O4. The largest absolute Gasteiger partial charge is 0.485 e. The average molecular weight is 434 g/mol. The molecule has 9 nitrogen and oxygen atoms in total. The number of hydrogen-bond acceptors (Lipinski definition) is 7. The topological polar surface area (TPSA) is 104 Å². The first-order valence-corrected chi connectivity index (χ1v) is 9.82. The van der Waals surface area contributed by atoms with Gasteiger partial charge in [0, 0.05) is 25.4 Å². The zero-order valence-corrected chi connectivity index (χ0v) is 17.8. The van der Waals surface area contributed by atoms with Crippen LogP contribution in [0.25, 0.3) is 5.82 Å². The number of nitrogens with zero attached hydrogens (tertiary/aromatic N) is 5. The summed E-state index contributed by atoms with van der Waals surface area (Å²) in [6, 6.07) is 3.62. The van der Waals surface area contributed by atoms with Crippen LogP contribution in [0.4, 0.5) is 0 Å². The highest BCUT2D eigenvalue weighted by Gasteiger charge is 2.20. The number of halogens is 1. The third-order valence-electron chi connectivity index (χ3n) is 4.14. The van der Waals surface area contributed by atoms with Gasteiger partial charge in [-0.05, 0) is 32.9 Å². The monoisotopic (exact) mass is 433 g/mol. The van der Waals surface area contributed by atoms with E-state index in [1.165, 1.54) is 10.9 Å². The van der Waals surface area contributed by atoms with Crippen molar-refractivity contribution in [1.82, 2.24) is 24.3 Å². The summed E-state index contributed by atoms with van der Waals surface area (Å²) < 4.78 is 14.5. The second-order valence-corrected chi connectivity index (χ2v) is 7.91. The van der Waals surface area contributed by atoms with Gasteiger partial charge in [0.05, 0.1) is 23.9 Å². The molecule has 0 atom stereocenters. The lowest BCUT2D eigenvalue weighted by atomic mass is 10.1. The number of ether oxygens (including phenoxy) is 2. The van der Waals surface area contributed by atoms with Crippen LogP contribution in [0.15, 0.2) is 41.8 Å². The molecule has 3 rings (SSSR count). The summed E-state index contributed by atoms with van der Waals surface area (Å²) in [5.41, 5.74) is -0.261. The molecule has 0 amide bonds. The number of pyridine rings is 1. The predicted octanol–water partition coefficient (Wildman–Crippen LogP) is 2.57. The van der Waals surface area contributed by atoms with Crippen LogP contribution < -0.4 is 15.0 Å². The van der Waals surface area contributed by atoms with Gasteiger partial charge in [-0.2, -0.15) is 10.1 Å². The van der Waals surface area contributed by atoms with Crippen molar-refractivity contribution in [3.05, 3.63) is 58.0 Å². The summed E-state index contributed by atoms with van der Waals surface area (Å²) in [5, 5.41) is 13.1. The Morgan fingerprint density at radius 2 is 2.03 bits per heavy atom. The van der Waals surface area contributed by atoms with Crippen molar-refractivity contribution in [2.24, 2.45) is 0 Å². The summed E-state index contributed by atoms with van der Waals surface area (Å²) in [7, 11) is 0. The van der Waals surface area contributed by atoms with Crippen LogP contribution in [0.5, 0.6) is 11.6 Å². The Balaban J connectivity index is 1.83. The zero-order chi connectivity index (χ0) is 21.7. The van der Waals surface area contributed by atoms with Crippen LogP contribution >= 0.6 is 11.6 Å². The summed E-state index contributed by atoms with van der Waals surface area (Å²) in [6.07, 6.45) is 6.95. The molecule has 0 unspecified atom stereocenters. The van der Waals surface area contributed by atoms with Crippen molar-refractivity contribution >= 4 is 11.6 Å². The van der Waals surface area contributed by atoms with E-state index < -0.39 is 11.1 Å². The van der Waals surface area contributed by atoms with Crippen molar-refractivity contribution in [1.29, 1.82) is 0 Å². The van der Waals surface area contributed by atoms with E-state index in [0.29, 0.717) is 30.3 Å². The van der Waals surface area contributed by atoms with Gasteiger partial charge in [-0.25, -0.2) is 9.67 Å². The van der Waals surface area contributed by atoms with Crippen molar-refractivity contribution in [2.45, 2.75) is 39.3 Å². The molecule has 0 aliphatic carbocycles. The lowest BCUT2D eigenvalue weighted by molar-refractivity contribution is 0.223. The van der Waals surface area contributed by atoms with Gasteiger partial charge in [0.25, 0.3) is 5.56 Å². The van der Waals surface area contributed by atoms with Gasteiger partial charge in [0.2, 0.25) is 5.88 Å². The SMILES string of the molecule is CC(C)(C)n1ncc(OCc2ccc(-n3ccnc3)nc2OCCCO)c(Cl)c1=O. The predicted molar refractivity (Wildman–Crippen MR) is 111 cm³/mol. The van der Waals surface area contributed by atoms with Crippen molar-refractivity contribution in [3.8, 4) is 17.4 Å². The molecule has 10 heteroatoms. The molecule has 0 fully saturated rings. The maximum absolute atomic E-state index is 12.5. The van der Waals surface area contributed by atoms with Crippen LogP contribution in [-0.4, -0.2) is 42.6 Å². The molecule has 0 saturated heterocycles. The zero-order valence-electron chi connectivity index (χ0n) is 17.1. The van der Waals surface area contributed by atoms with Crippen molar-refractivity contribution < 1.29 is 14.6 Å². The van der Waals surface area contributed by atoms with Gasteiger partial charge in [-0.15, -0.1) is 0 Å².